The number of hydrogen-bond donors (Lipinski definition) is 2. The Morgan fingerprint density at radius 2 is 1.87 bits per heavy atom. The second kappa shape index (κ2) is 8.64. The maximum atomic E-state index is 12.5. The lowest BCUT2D eigenvalue weighted by Crippen LogP contribution is -2.52. The van der Waals surface area contributed by atoms with Crippen LogP contribution in [0.5, 0.6) is 0 Å². The van der Waals surface area contributed by atoms with Crippen LogP contribution in [0.3, 0.4) is 0 Å². The number of carbonyl (C=O) groups excluding carboxylic acids is 2. The first kappa shape index (κ1) is 18.2. The lowest BCUT2D eigenvalue weighted by Gasteiger charge is -2.36. The fourth-order valence-electron chi connectivity index (χ4n) is 3.68. The molecule has 0 radical (unpaired) electrons. The number of amides is 2. The van der Waals surface area contributed by atoms with E-state index < -0.39 is 6.04 Å². The van der Waals surface area contributed by atoms with E-state index in [1.165, 1.54) is 6.42 Å². The van der Waals surface area contributed by atoms with Gasteiger partial charge in [-0.1, -0.05) is 26.2 Å². The molecule has 6 heteroatoms. The molecule has 1 heterocycles. The van der Waals surface area contributed by atoms with Crippen LogP contribution < -0.4 is 11.1 Å². The summed E-state index contributed by atoms with van der Waals surface area (Å²) in [6, 6.07) is -0.431. The molecule has 1 saturated carbocycles. The number of nitrogens with zero attached hydrogens (tertiary/aromatic N) is 1. The molecule has 2 fully saturated rings. The third-order valence-electron chi connectivity index (χ3n) is 5.25. The molecule has 2 amide bonds. The van der Waals surface area contributed by atoms with Gasteiger partial charge in [0.05, 0.1) is 13.2 Å². The number of hydrogen-bond acceptors (Lipinski definition) is 4. The molecular weight excluding hydrogens is 294 g/mol. The molecule has 0 spiro atoms. The third-order valence-corrected chi connectivity index (χ3v) is 5.25. The summed E-state index contributed by atoms with van der Waals surface area (Å²) in [5.41, 5.74) is 5.89. The van der Waals surface area contributed by atoms with Crippen molar-refractivity contribution >= 4 is 11.8 Å². The van der Waals surface area contributed by atoms with Crippen molar-refractivity contribution in [3.8, 4) is 0 Å². The van der Waals surface area contributed by atoms with Gasteiger partial charge in [-0.3, -0.25) is 9.59 Å². The van der Waals surface area contributed by atoms with E-state index in [1.54, 1.807) is 4.90 Å². The van der Waals surface area contributed by atoms with Crippen LogP contribution in [0.2, 0.25) is 0 Å². The Morgan fingerprint density at radius 3 is 2.43 bits per heavy atom. The summed E-state index contributed by atoms with van der Waals surface area (Å²) in [6.07, 6.45) is 6.61. The van der Waals surface area contributed by atoms with E-state index in [-0.39, 0.29) is 17.2 Å². The van der Waals surface area contributed by atoms with Gasteiger partial charge in [-0.25, -0.2) is 0 Å². The van der Waals surface area contributed by atoms with Gasteiger partial charge in [-0.15, -0.1) is 0 Å². The minimum absolute atomic E-state index is 0.00888. The lowest BCUT2D eigenvalue weighted by molar-refractivity contribution is -0.140. The van der Waals surface area contributed by atoms with Gasteiger partial charge in [-0.2, -0.15) is 0 Å². The molecule has 23 heavy (non-hydrogen) atoms. The van der Waals surface area contributed by atoms with Crippen LogP contribution >= 0.6 is 0 Å². The van der Waals surface area contributed by atoms with Crippen LogP contribution in [0.4, 0.5) is 0 Å². The normalized spacial score (nSPS) is 22.4. The Kier molecular flexibility index (Phi) is 6.84. The van der Waals surface area contributed by atoms with E-state index in [0.717, 1.165) is 25.7 Å². The molecular formula is C17H31N3O3. The van der Waals surface area contributed by atoms with Crippen molar-refractivity contribution in [2.75, 3.05) is 32.8 Å². The molecule has 1 unspecified atom stereocenters. The first-order valence-corrected chi connectivity index (χ1v) is 8.96. The van der Waals surface area contributed by atoms with Crippen LogP contribution in [-0.2, 0) is 14.3 Å². The number of rotatable bonds is 6. The molecule has 0 bridgehead atoms. The fourth-order valence-corrected chi connectivity index (χ4v) is 3.68. The first-order chi connectivity index (χ1) is 11.1. The summed E-state index contributed by atoms with van der Waals surface area (Å²) in [7, 11) is 0. The maximum Gasteiger partial charge on any atom is 0.245 e. The average Bonchev–Trinajstić information content (AvgIpc) is 2.60. The first-order valence-electron chi connectivity index (χ1n) is 8.96. The van der Waals surface area contributed by atoms with Crippen molar-refractivity contribution in [2.24, 2.45) is 11.1 Å². The molecule has 1 aliphatic heterocycles. The Hall–Kier alpha value is -1.14. The van der Waals surface area contributed by atoms with E-state index in [2.05, 4.69) is 5.32 Å². The van der Waals surface area contributed by atoms with Gasteiger partial charge in [0, 0.05) is 19.5 Å². The summed E-state index contributed by atoms with van der Waals surface area (Å²) in [5, 5.41) is 2.94. The lowest BCUT2D eigenvalue weighted by atomic mass is 9.71. The van der Waals surface area contributed by atoms with Crippen molar-refractivity contribution in [3.63, 3.8) is 0 Å². The largest absolute Gasteiger partial charge is 0.378 e. The third kappa shape index (κ3) is 4.91. The highest BCUT2D eigenvalue weighted by atomic mass is 16.5. The number of nitrogens with one attached hydrogen (secondary N) is 1. The highest BCUT2D eigenvalue weighted by Gasteiger charge is 2.34. The van der Waals surface area contributed by atoms with E-state index in [4.69, 9.17) is 10.5 Å². The van der Waals surface area contributed by atoms with Gasteiger partial charge in [0.1, 0.15) is 6.04 Å². The fraction of sp³-hybridized carbons (Fsp3) is 0.882. The molecule has 6 nitrogen and oxygen atoms in total. The van der Waals surface area contributed by atoms with E-state index >= 15 is 0 Å². The zero-order valence-corrected chi connectivity index (χ0v) is 14.3. The average molecular weight is 325 g/mol. The van der Waals surface area contributed by atoms with Crippen molar-refractivity contribution in [1.82, 2.24) is 10.2 Å². The Balaban J connectivity index is 1.89. The Bertz CT molecular complexity index is 402. The van der Waals surface area contributed by atoms with Crippen molar-refractivity contribution in [3.05, 3.63) is 0 Å². The zero-order valence-electron chi connectivity index (χ0n) is 14.3. The molecule has 0 aromatic heterocycles. The summed E-state index contributed by atoms with van der Waals surface area (Å²) in [5.74, 6) is -0.0274. The number of nitrogens with two attached hydrogens (primary N) is 1. The van der Waals surface area contributed by atoms with Gasteiger partial charge in [0.2, 0.25) is 11.8 Å². The van der Waals surface area contributed by atoms with E-state index in [0.29, 0.717) is 45.7 Å². The molecule has 3 N–H and O–H groups in total. The van der Waals surface area contributed by atoms with Gasteiger partial charge < -0.3 is 20.7 Å². The van der Waals surface area contributed by atoms with Crippen molar-refractivity contribution in [1.29, 1.82) is 0 Å². The monoisotopic (exact) mass is 325 g/mol. The standard InChI is InChI=1S/C17H31N3O3/c1-2-14(16(22)20-8-10-23-11-9-20)19-15(21)12-17(13-18)6-4-3-5-7-17/h14H,2-13,18H2,1H3,(H,19,21). The quantitative estimate of drug-likeness (QED) is 0.764. The van der Waals surface area contributed by atoms with Gasteiger partial charge in [-0.05, 0) is 31.2 Å². The van der Waals surface area contributed by atoms with Crippen LogP contribution in [0, 0.1) is 5.41 Å². The second-order valence-corrected chi connectivity index (χ2v) is 6.91. The van der Waals surface area contributed by atoms with Crippen LogP contribution in [0.1, 0.15) is 51.9 Å². The van der Waals surface area contributed by atoms with Crippen LogP contribution in [-0.4, -0.2) is 55.6 Å². The molecule has 1 saturated heterocycles. The van der Waals surface area contributed by atoms with Crippen LogP contribution in [0.15, 0.2) is 0 Å². The highest BCUT2D eigenvalue weighted by Crippen LogP contribution is 2.38. The number of carbonyl (C=O) groups is 2. The van der Waals surface area contributed by atoms with E-state index in [9.17, 15) is 9.59 Å². The minimum atomic E-state index is -0.431. The summed E-state index contributed by atoms with van der Waals surface area (Å²) in [6.45, 7) is 4.85. The second-order valence-electron chi connectivity index (χ2n) is 6.91. The predicted molar refractivity (Wildman–Crippen MR) is 88.8 cm³/mol. The molecule has 1 aliphatic carbocycles. The molecule has 0 aromatic carbocycles. The summed E-state index contributed by atoms with van der Waals surface area (Å²) in [4.78, 5) is 26.8. The summed E-state index contributed by atoms with van der Waals surface area (Å²) >= 11 is 0. The smallest absolute Gasteiger partial charge is 0.245 e. The Morgan fingerprint density at radius 1 is 1.22 bits per heavy atom. The van der Waals surface area contributed by atoms with Crippen molar-refractivity contribution in [2.45, 2.75) is 57.9 Å². The SMILES string of the molecule is CCC(NC(=O)CC1(CN)CCCCC1)C(=O)N1CCOCC1. The molecule has 1 atom stereocenters. The summed E-state index contributed by atoms with van der Waals surface area (Å²) < 4.78 is 5.28. The minimum Gasteiger partial charge on any atom is -0.378 e. The predicted octanol–water partition coefficient (Wildman–Crippen LogP) is 1.04. The molecule has 2 rings (SSSR count). The molecule has 0 aromatic rings. The zero-order chi connectivity index (χ0) is 16.7. The van der Waals surface area contributed by atoms with Crippen molar-refractivity contribution < 1.29 is 14.3 Å². The topological polar surface area (TPSA) is 84.7 Å². The van der Waals surface area contributed by atoms with Crippen LogP contribution in [0.25, 0.3) is 0 Å². The maximum absolute atomic E-state index is 12.5. The Labute approximate surface area is 139 Å². The molecule has 132 valence electrons. The van der Waals surface area contributed by atoms with Gasteiger partial charge >= 0.3 is 0 Å². The number of morpholine rings is 1. The van der Waals surface area contributed by atoms with Gasteiger partial charge in [0.15, 0.2) is 0 Å². The highest BCUT2D eigenvalue weighted by molar-refractivity contribution is 5.87. The number of ether oxygens (including phenoxy) is 1. The molecule has 2 aliphatic rings. The van der Waals surface area contributed by atoms with E-state index in [1.807, 2.05) is 6.92 Å². The van der Waals surface area contributed by atoms with Gasteiger partial charge in [0.25, 0.3) is 0 Å².